The first-order valence-corrected chi connectivity index (χ1v) is 9.89. The maximum absolute atomic E-state index is 11.2. The molecule has 1 aliphatic rings. The van der Waals surface area contributed by atoms with Gasteiger partial charge >= 0.3 is 5.97 Å². The molecule has 1 fully saturated rings. The van der Waals surface area contributed by atoms with E-state index in [4.69, 9.17) is 9.47 Å². The zero-order chi connectivity index (χ0) is 20.1. The quantitative estimate of drug-likeness (QED) is 0.493. The van der Waals surface area contributed by atoms with Crippen molar-refractivity contribution in [3.8, 4) is 0 Å². The first-order valence-electron chi connectivity index (χ1n) is 9.89. The van der Waals surface area contributed by atoms with Gasteiger partial charge in [-0.25, -0.2) is 0 Å². The van der Waals surface area contributed by atoms with Crippen LogP contribution in [0.2, 0.25) is 0 Å². The molecule has 1 aliphatic heterocycles. The van der Waals surface area contributed by atoms with E-state index in [2.05, 4.69) is 78.1 Å². The second-order valence-corrected chi connectivity index (χ2v) is 7.27. The molecule has 4 heteroatoms. The van der Waals surface area contributed by atoms with Gasteiger partial charge in [-0.3, -0.25) is 10.1 Å². The molecule has 3 aromatic rings. The average molecular weight is 387 g/mol. The summed E-state index contributed by atoms with van der Waals surface area (Å²) in [6.07, 6.45) is -0.172. The van der Waals surface area contributed by atoms with Crippen LogP contribution in [-0.4, -0.2) is 31.3 Å². The molecule has 0 bridgehead atoms. The van der Waals surface area contributed by atoms with Crippen molar-refractivity contribution < 1.29 is 14.3 Å². The van der Waals surface area contributed by atoms with Crippen LogP contribution in [-0.2, 0) is 19.8 Å². The van der Waals surface area contributed by atoms with Gasteiger partial charge < -0.3 is 9.47 Å². The number of hydrogen-bond acceptors (Lipinski definition) is 4. The van der Waals surface area contributed by atoms with Gasteiger partial charge in [0.05, 0.1) is 18.2 Å². The summed E-state index contributed by atoms with van der Waals surface area (Å²) < 4.78 is 10.9. The second kappa shape index (κ2) is 8.60. The molecule has 0 spiro atoms. The molecule has 2 atom stereocenters. The number of carbonyl (C=O) groups excluding carboxylic acids is 1. The fraction of sp³-hybridized carbons (Fsp3) is 0.240. The van der Waals surface area contributed by atoms with E-state index in [-0.39, 0.29) is 24.7 Å². The van der Waals surface area contributed by atoms with Gasteiger partial charge in [0.25, 0.3) is 0 Å². The van der Waals surface area contributed by atoms with Crippen LogP contribution < -0.4 is 5.32 Å². The van der Waals surface area contributed by atoms with Gasteiger partial charge in [0.2, 0.25) is 0 Å². The standard InChI is InChI=1S/C25H25NO3/c1-19(27)28-18-24-23(17-29-24)26-25(20-11-5-2-6-12-20,21-13-7-3-8-14-21)22-15-9-4-10-16-22/h2-16,23-24,26H,17-18H2,1H3/t23-,24+/m0/s1. The molecular weight excluding hydrogens is 362 g/mol. The highest BCUT2D eigenvalue weighted by Gasteiger charge is 2.43. The topological polar surface area (TPSA) is 47.6 Å². The largest absolute Gasteiger partial charge is 0.463 e. The molecule has 0 radical (unpaired) electrons. The Hall–Kier alpha value is -2.95. The third-order valence-electron chi connectivity index (χ3n) is 5.41. The third kappa shape index (κ3) is 3.95. The van der Waals surface area contributed by atoms with Gasteiger partial charge in [-0.1, -0.05) is 91.0 Å². The van der Waals surface area contributed by atoms with Gasteiger partial charge in [0.15, 0.2) is 0 Å². The summed E-state index contributed by atoms with van der Waals surface area (Å²) in [5.74, 6) is -0.292. The molecule has 0 saturated carbocycles. The van der Waals surface area contributed by atoms with E-state index in [9.17, 15) is 4.79 Å². The van der Waals surface area contributed by atoms with Crippen LogP contribution in [0.4, 0.5) is 0 Å². The number of rotatable bonds is 7. The molecule has 1 N–H and O–H groups in total. The number of hydrogen-bond donors (Lipinski definition) is 1. The lowest BCUT2D eigenvalue weighted by Gasteiger charge is -2.46. The Labute approximate surface area is 171 Å². The minimum atomic E-state index is -0.549. The lowest BCUT2D eigenvalue weighted by atomic mass is 9.76. The molecule has 0 aliphatic carbocycles. The van der Waals surface area contributed by atoms with Crippen LogP contribution in [0.15, 0.2) is 91.0 Å². The van der Waals surface area contributed by atoms with E-state index in [1.165, 1.54) is 6.92 Å². The molecule has 0 aromatic heterocycles. The van der Waals surface area contributed by atoms with E-state index in [1.807, 2.05) is 18.2 Å². The van der Waals surface area contributed by atoms with Gasteiger partial charge in [-0.05, 0) is 16.7 Å². The van der Waals surface area contributed by atoms with E-state index in [1.54, 1.807) is 0 Å². The van der Waals surface area contributed by atoms with Crippen LogP contribution >= 0.6 is 0 Å². The lowest BCUT2D eigenvalue weighted by molar-refractivity contribution is -0.158. The van der Waals surface area contributed by atoms with Gasteiger partial charge in [0.1, 0.15) is 12.7 Å². The predicted molar refractivity (Wildman–Crippen MR) is 113 cm³/mol. The van der Waals surface area contributed by atoms with Crippen molar-refractivity contribution in [1.82, 2.24) is 5.32 Å². The first-order chi connectivity index (χ1) is 14.2. The summed E-state index contributed by atoms with van der Waals surface area (Å²) in [6.45, 7) is 2.24. The number of ether oxygens (including phenoxy) is 2. The Morgan fingerprint density at radius 2 is 1.34 bits per heavy atom. The van der Waals surface area contributed by atoms with Crippen LogP contribution in [0.3, 0.4) is 0 Å². The summed E-state index contributed by atoms with van der Waals surface area (Å²) in [4.78, 5) is 11.2. The zero-order valence-electron chi connectivity index (χ0n) is 16.5. The van der Waals surface area contributed by atoms with Crippen molar-refractivity contribution in [2.24, 2.45) is 0 Å². The Balaban J connectivity index is 1.79. The van der Waals surface area contributed by atoms with Crippen LogP contribution in [0.5, 0.6) is 0 Å². The minimum absolute atomic E-state index is 0.0509. The fourth-order valence-electron chi connectivity index (χ4n) is 3.92. The molecule has 0 unspecified atom stereocenters. The fourth-order valence-corrected chi connectivity index (χ4v) is 3.92. The highest BCUT2D eigenvalue weighted by molar-refractivity contribution is 5.65. The Morgan fingerprint density at radius 3 is 1.69 bits per heavy atom. The van der Waals surface area contributed by atoms with Crippen molar-refractivity contribution in [1.29, 1.82) is 0 Å². The Bertz CT molecular complexity index is 831. The number of benzene rings is 3. The normalized spacial score (nSPS) is 18.7. The zero-order valence-corrected chi connectivity index (χ0v) is 16.5. The summed E-state index contributed by atoms with van der Waals surface area (Å²) >= 11 is 0. The SMILES string of the molecule is CC(=O)OC[C@H]1OC[C@@H]1NC(c1ccccc1)(c1ccccc1)c1ccccc1. The van der Waals surface area contributed by atoms with Crippen LogP contribution in [0.25, 0.3) is 0 Å². The molecule has 29 heavy (non-hydrogen) atoms. The maximum Gasteiger partial charge on any atom is 0.302 e. The van der Waals surface area contributed by atoms with Gasteiger partial charge in [-0.2, -0.15) is 0 Å². The molecule has 4 rings (SSSR count). The molecule has 4 nitrogen and oxygen atoms in total. The van der Waals surface area contributed by atoms with Crippen molar-refractivity contribution in [3.63, 3.8) is 0 Å². The number of nitrogens with one attached hydrogen (secondary N) is 1. The van der Waals surface area contributed by atoms with E-state index in [0.29, 0.717) is 6.61 Å². The summed E-state index contributed by atoms with van der Waals surface area (Å²) in [7, 11) is 0. The van der Waals surface area contributed by atoms with Crippen LogP contribution in [0.1, 0.15) is 23.6 Å². The van der Waals surface area contributed by atoms with Gasteiger partial charge in [0, 0.05) is 6.92 Å². The van der Waals surface area contributed by atoms with Crippen molar-refractivity contribution in [2.75, 3.05) is 13.2 Å². The van der Waals surface area contributed by atoms with E-state index >= 15 is 0 Å². The first kappa shape index (κ1) is 19.4. The summed E-state index contributed by atoms with van der Waals surface area (Å²) in [5, 5.41) is 3.87. The number of esters is 1. The minimum Gasteiger partial charge on any atom is -0.463 e. The number of carbonyl (C=O) groups is 1. The molecule has 148 valence electrons. The summed E-state index contributed by atoms with van der Waals surface area (Å²) in [5.41, 5.74) is 2.90. The molecule has 1 heterocycles. The third-order valence-corrected chi connectivity index (χ3v) is 5.41. The van der Waals surface area contributed by atoms with E-state index < -0.39 is 5.54 Å². The molecule has 0 amide bonds. The van der Waals surface area contributed by atoms with Crippen molar-refractivity contribution in [2.45, 2.75) is 24.6 Å². The molecule has 1 saturated heterocycles. The monoisotopic (exact) mass is 387 g/mol. The van der Waals surface area contributed by atoms with Crippen molar-refractivity contribution >= 4 is 5.97 Å². The molecule has 3 aromatic carbocycles. The highest BCUT2D eigenvalue weighted by Crippen LogP contribution is 2.38. The van der Waals surface area contributed by atoms with Crippen LogP contribution in [0, 0.1) is 0 Å². The van der Waals surface area contributed by atoms with Crippen molar-refractivity contribution in [3.05, 3.63) is 108 Å². The van der Waals surface area contributed by atoms with Gasteiger partial charge in [-0.15, -0.1) is 0 Å². The van der Waals surface area contributed by atoms with E-state index in [0.717, 1.165) is 16.7 Å². The molecular formula is C25H25NO3. The smallest absolute Gasteiger partial charge is 0.302 e. The lowest BCUT2D eigenvalue weighted by Crippen LogP contribution is -2.62. The highest BCUT2D eigenvalue weighted by atomic mass is 16.6. The second-order valence-electron chi connectivity index (χ2n) is 7.27. The predicted octanol–water partition coefficient (Wildman–Crippen LogP) is 3.90. The average Bonchev–Trinajstić information content (AvgIpc) is 2.76. The maximum atomic E-state index is 11.2. The Kier molecular flexibility index (Phi) is 5.74. The Morgan fingerprint density at radius 1 is 0.897 bits per heavy atom. The summed E-state index contributed by atoms with van der Waals surface area (Å²) in [6, 6.07) is 31.4.